The number of hydrogen-bond donors (Lipinski definition) is 0. The van der Waals surface area contributed by atoms with Gasteiger partial charge in [-0.3, -0.25) is 9.69 Å². The van der Waals surface area contributed by atoms with Crippen LogP contribution in [0.25, 0.3) is 0 Å². The normalized spacial score (nSPS) is 42.9. The molecule has 0 spiro atoms. The number of fused-ring (bicyclic) bond motifs is 3. The molecule has 0 aromatic heterocycles. The minimum Gasteiger partial charge on any atom is -0.460 e. The Morgan fingerprint density at radius 3 is 3.14 bits per heavy atom. The summed E-state index contributed by atoms with van der Waals surface area (Å²) in [5.74, 6) is 0.537. The molecule has 3 heteroatoms. The van der Waals surface area contributed by atoms with Gasteiger partial charge in [-0.25, -0.2) is 0 Å². The average Bonchev–Trinajstić information content (AvgIpc) is 2.55. The lowest BCUT2D eigenvalue weighted by Gasteiger charge is -2.24. The summed E-state index contributed by atoms with van der Waals surface area (Å²) in [5.41, 5.74) is 0. The minimum atomic E-state index is 0.0314. The van der Waals surface area contributed by atoms with Crippen LogP contribution < -0.4 is 0 Å². The zero-order valence-corrected chi connectivity index (χ0v) is 8.45. The van der Waals surface area contributed by atoms with Gasteiger partial charge in [0, 0.05) is 18.5 Å². The first-order chi connectivity index (χ1) is 6.84. The first-order valence-electron chi connectivity index (χ1n) is 5.78. The van der Waals surface area contributed by atoms with Crippen LogP contribution in [0.4, 0.5) is 0 Å². The topological polar surface area (TPSA) is 29.5 Å². The predicted molar refractivity (Wildman–Crippen MR) is 51.8 cm³/mol. The fourth-order valence-electron chi connectivity index (χ4n) is 3.28. The van der Waals surface area contributed by atoms with Crippen molar-refractivity contribution >= 4 is 5.97 Å². The van der Waals surface area contributed by atoms with Crippen LogP contribution in [-0.2, 0) is 9.53 Å². The van der Waals surface area contributed by atoms with Crippen molar-refractivity contribution in [2.75, 3.05) is 13.1 Å². The Bertz CT molecular complexity index is 254. The smallest absolute Gasteiger partial charge is 0.306 e. The molecule has 3 atom stereocenters. The molecule has 3 aliphatic heterocycles. The molecule has 0 radical (unpaired) electrons. The van der Waals surface area contributed by atoms with Crippen molar-refractivity contribution < 1.29 is 9.53 Å². The van der Waals surface area contributed by atoms with Gasteiger partial charge in [-0.1, -0.05) is 12.8 Å². The van der Waals surface area contributed by atoms with Gasteiger partial charge in [0.1, 0.15) is 6.10 Å². The zero-order valence-electron chi connectivity index (χ0n) is 8.45. The number of esters is 1. The van der Waals surface area contributed by atoms with Crippen LogP contribution >= 0.6 is 0 Å². The molecular formula is C11H17NO2. The molecule has 14 heavy (non-hydrogen) atoms. The Morgan fingerprint density at radius 1 is 1.29 bits per heavy atom. The van der Waals surface area contributed by atoms with Crippen molar-refractivity contribution in [3.8, 4) is 0 Å². The van der Waals surface area contributed by atoms with E-state index in [0.29, 0.717) is 18.4 Å². The van der Waals surface area contributed by atoms with E-state index >= 15 is 0 Å². The van der Waals surface area contributed by atoms with Crippen LogP contribution in [0, 0.1) is 5.92 Å². The predicted octanol–water partition coefficient (Wildman–Crippen LogP) is 1.18. The molecule has 0 aliphatic carbocycles. The second-order valence-corrected chi connectivity index (χ2v) is 4.83. The molecule has 3 aliphatic rings. The Labute approximate surface area is 84.4 Å². The molecule has 0 unspecified atom stereocenters. The maximum absolute atomic E-state index is 11.2. The van der Waals surface area contributed by atoms with Gasteiger partial charge in [-0.15, -0.1) is 0 Å². The second-order valence-electron chi connectivity index (χ2n) is 4.83. The molecule has 3 rings (SSSR count). The van der Waals surface area contributed by atoms with Crippen LogP contribution in [0.1, 0.15) is 32.1 Å². The van der Waals surface area contributed by atoms with Gasteiger partial charge in [0.15, 0.2) is 0 Å². The highest BCUT2D eigenvalue weighted by atomic mass is 16.6. The van der Waals surface area contributed by atoms with Gasteiger partial charge in [0.25, 0.3) is 0 Å². The third-order valence-electron chi connectivity index (χ3n) is 3.92. The van der Waals surface area contributed by atoms with Crippen molar-refractivity contribution in [3.63, 3.8) is 0 Å². The number of carbonyl (C=O) groups is 1. The molecule has 0 N–H and O–H groups in total. The number of ether oxygens (including phenoxy) is 1. The summed E-state index contributed by atoms with van der Waals surface area (Å²) in [4.78, 5) is 13.7. The first-order valence-corrected chi connectivity index (χ1v) is 5.78. The molecular weight excluding hydrogens is 178 g/mol. The van der Waals surface area contributed by atoms with Crippen LogP contribution in [-0.4, -0.2) is 36.1 Å². The Kier molecular flexibility index (Phi) is 2.01. The average molecular weight is 195 g/mol. The lowest BCUT2D eigenvalue weighted by Crippen LogP contribution is -2.35. The van der Waals surface area contributed by atoms with E-state index in [2.05, 4.69) is 4.90 Å². The van der Waals surface area contributed by atoms with E-state index in [0.717, 1.165) is 6.54 Å². The Hall–Kier alpha value is -0.570. The monoisotopic (exact) mass is 195 g/mol. The highest BCUT2D eigenvalue weighted by Gasteiger charge is 2.48. The number of carbonyl (C=O) groups excluding carboxylic acids is 1. The molecule has 78 valence electrons. The van der Waals surface area contributed by atoms with Gasteiger partial charge in [-0.2, -0.15) is 0 Å². The first kappa shape index (κ1) is 8.72. The van der Waals surface area contributed by atoms with Gasteiger partial charge < -0.3 is 4.74 Å². The third-order valence-corrected chi connectivity index (χ3v) is 3.92. The van der Waals surface area contributed by atoms with Crippen molar-refractivity contribution in [2.24, 2.45) is 5.92 Å². The summed E-state index contributed by atoms with van der Waals surface area (Å²) >= 11 is 0. The summed E-state index contributed by atoms with van der Waals surface area (Å²) in [6, 6.07) is 0.550. The standard InChI is InChI=1S/C11H17NO2/c13-10-6-8-7-12-5-3-1-2-4-9(12)11(8)14-10/h8-9,11H,1-7H2/t8-,9-,11-/m1/s1. The number of nitrogens with zero attached hydrogens (tertiary/aromatic N) is 1. The Morgan fingerprint density at radius 2 is 2.21 bits per heavy atom. The van der Waals surface area contributed by atoms with E-state index in [-0.39, 0.29) is 12.1 Å². The highest BCUT2D eigenvalue weighted by molar-refractivity contribution is 5.72. The second kappa shape index (κ2) is 3.23. The maximum Gasteiger partial charge on any atom is 0.306 e. The van der Waals surface area contributed by atoms with Crippen molar-refractivity contribution in [3.05, 3.63) is 0 Å². The van der Waals surface area contributed by atoms with E-state index in [1.54, 1.807) is 0 Å². The van der Waals surface area contributed by atoms with Gasteiger partial charge in [0.2, 0.25) is 0 Å². The summed E-state index contributed by atoms with van der Waals surface area (Å²) < 4.78 is 5.43. The lowest BCUT2D eigenvalue weighted by atomic mass is 9.98. The molecule has 0 amide bonds. The molecule has 0 aromatic carbocycles. The highest BCUT2D eigenvalue weighted by Crippen LogP contribution is 2.37. The van der Waals surface area contributed by atoms with Crippen LogP contribution in [0.15, 0.2) is 0 Å². The van der Waals surface area contributed by atoms with Crippen LogP contribution in [0.5, 0.6) is 0 Å². The summed E-state index contributed by atoms with van der Waals surface area (Å²) in [6.45, 7) is 2.32. The van der Waals surface area contributed by atoms with Crippen molar-refractivity contribution in [1.82, 2.24) is 4.90 Å². The van der Waals surface area contributed by atoms with E-state index in [1.807, 2.05) is 0 Å². The SMILES string of the molecule is O=C1C[C@@H]2CN3CCCCC[C@@H]3[C@@H]2O1. The van der Waals surface area contributed by atoms with E-state index in [1.165, 1.54) is 32.2 Å². The summed E-state index contributed by atoms with van der Waals surface area (Å²) in [5, 5.41) is 0. The zero-order chi connectivity index (χ0) is 9.54. The third kappa shape index (κ3) is 1.26. The number of hydrogen-bond acceptors (Lipinski definition) is 3. The molecule has 3 heterocycles. The quantitative estimate of drug-likeness (QED) is 0.543. The molecule has 0 aromatic rings. The van der Waals surface area contributed by atoms with Gasteiger partial charge >= 0.3 is 5.97 Å². The largest absolute Gasteiger partial charge is 0.460 e. The molecule has 3 nitrogen and oxygen atoms in total. The molecule has 0 bridgehead atoms. The maximum atomic E-state index is 11.2. The van der Waals surface area contributed by atoms with Gasteiger partial charge in [-0.05, 0) is 19.4 Å². The van der Waals surface area contributed by atoms with Crippen LogP contribution in [0.3, 0.4) is 0 Å². The molecule has 3 fully saturated rings. The van der Waals surface area contributed by atoms with Gasteiger partial charge in [0.05, 0.1) is 6.42 Å². The summed E-state index contributed by atoms with van der Waals surface area (Å²) in [6.07, 6.45) is 6.11. The summed E-state index contributed by atoms with van der Waals surface area (Å²) in [7, 11) is 0. The van der Waals surface area contributed by atoms with Crippen molar-refractivity contribution in [1.29, 1.82) is 0 Å². The number of rotatable bonds is 0. The van der Waals surface area contributed by atoms with Crippen LogP contribution in [0.2, 0.25) is 0 Å². The van der Waals surface area contributed by atoms with E-state index in [9.17, 15) is 4.79 Å². The Balaban J connectivity index is 1.78. The lowest BCUT2D eigenvalue weighted by molar-refractivity contribution is -0.143. The molecule has 0 saturated carbocycles. The van der Waals surface area contributed by atoms with Crippen molar-refractivity contribution in [2.45, 2.75) is 44.2 Å². The molecule has 3 saturated heterocycles. The minimum absolute atomic E-state index is 0.0314. The van der Waals surface area contributed by atoms with E-state index in [4.69, 9.17) is 4.74 Å². The fourth-order valence-corrected chi connectivity index (χ4v) is 3.28. The fraction of sp³-hybridized carbons (Fsp3) is 0.909. The van der Waals surface area contributed by atoms with E-state index < -0.39 is 0 Å².